The largest absolute Gasteiger partial charge is 0.351 e. The summed E-state index contributed by atoms with van der Waals surface area (Å²) in [7, 11) is 0. The maximum absolute atomic E-state index is 11.3. The van der Waals surface area contributed by atoms with Crippen LogP contribution in [0, 0.1) is 6.92 Å². The minimum Gasteiger partial charge on any atom is -0.351 e. The number of aromatic nitrogens is 2. The Kier molecular flexibility index (Phi) is 5.05. The topological polar surface area (TPSA) is 68.0 Å². The molecule has 5 nitrogen and oxygen atoms in total. The predicted octanol–water partition coefficient (Wildman–Crippen LogP) is 3.72. The normalized spacial score (nSPS) is 10.8. The third-order valence-corrected chi connectivity index (χ3v) is 4.69. The van der Waals surface area contributed by atoms with Gasteiger partial charge < -0.3 is 9.84 Å². The lowest BCUT2D eigenvalue weighted by molar-refractivity contribution is -0.120. The van der Waals surface area contributed by atoms with Gasteiger partial charge in [-0.05, 0) is 24.6 Å². The van der Waals surface area contributed by atoms with Crippen molar-refractivity contribution in [3.8, 4) is 10.7 Å². The first kappa shape index (κ1) is 16.4. The van der Waals surface area contributed by atoms with E-state index in [0.29, 0.717) is 31.1 Å². The van der Waals surface area contributed by atoms with E-state index in [2.05, 4.69) is 46.6 Å². The number of benzene rings is 1. The Morgan fingerprint density at radius 3 is 2.75 bits per heavy atom. The van der Waals surface area contributed by atoms with Crippen LogP contribution in [0.25, 0.3) is 10.7 Å². The van der Waals surface area contributed by atoms with Crippen molar-refractivity contribution in [2.24, 2.45) is 0 Å². The van der Waals surface area contributed by atoms with E-state index in [1.54, 1.807) is 11.3 Å². The number of hydrogen-bond donors (Lipinski definition) is 1. The first-order valence-corrected chi connectivity index (χ1v) is 8.69. The number of amides is 1. The zero-order valence-corrected chi connectivity index (χ0v) is 14.5. The molecule has 0 saturated carbocycles. The van der Waals surface area contributed by atoms with Crippen molar-refractivity contribution in [1.82, 2.24) is 15.5 Å². The van der Waals surface area contributed by atoms with Crippen LogP contribution in [-0.2, 0) is 17.8 Å². The van der Waals surface area contributed by atoms with Crippen molar-refractivity contribution in [1.29, 1.82) is 0 Å². The van der Waals surface area contributed by atoms with Crippen LogP contribution in [0.3, 0.4) is 0 Å². The van der Waals surface area contributed by atoms with Crippen LogP contribution in [0.2, 0.25) is 0 Å². The lowest BCUT2D eigenvalue weighted by Gasteiger charge is -1.99. The third-order valence-electron chi connectivity index (χ3n) is 3.61. The molecule has 2 heterocycles. The minimum atomic E-state index is 0.0462. The van der Waals surface area contributed by atoms with E-state index in [1.165, 1.54) is 5.56 Å². The highest BCUT2D eigenvalue weighted by molar-refractivity contribution is 7.15. The van der Waals surface area contributed by atoms with Crippen molar-refractivity contribution in [2.45, 2.75) is 33.2 Å². The van der Waals surface area contributed by atoms with Crippen LogP contribution >= 0.6 is 11.3 Å². The molecule has 0 saturated heterocycles. The van der Waals surface area contributed by atoms with Crippen LogP contribution in [-0.4, -0.2) is 16.0 Å². The Bertz CT molecular complexity index is 821. The van der Waals surface area contributed by atoms with E-state index >= 15 is 0 Å². The molecule has 2 aromatic heterocycles. The Labute approximate surface area is 144 Å². The van der Waals surface area contributed by atoms with Crippen molar-refractivity contribution in [3.63, 3.8) is 0 Å². The van der Waals surface area contributed by atoms with Crippen molar-refractivity contribution in [3.05, 3.63) is 58.3 Å². The van der Waals surface area contributed by atoms with Crippen molar-refractivity contribution in [2.75, 3.05) is 0 Å². The number of nitrogens with zero attached hydrogens (tertiary/aromatic N) is 2. The summed E-state index contributed by atoms with van der Waals surface area (Å²) in [5.41, 5.74) is 2.37. The second kappa shape index (κ2) is 7.40. The molecule has 1 N–H and O–H groups in total. The molecule has 24 heavy (non-hydrogen) atoms. The maximum Gasteiger partial charge on any atom is 0.231 e. The molecular weight excluding hydrogens is 322 g/mol. The SMILES string of the molecule is CCC(=O)NCc1ccc(-c2noc(Cc3ccc(C)cc3)n2)s1. The summed E-state index contributed by atoms with van der Waals surface area (Å²) in [5.74, 6) is 1.24. The summed E-state index contributed by atoms with van der Waals surface area (Å²) >= 11 is 1.56. The Balaban J connectivity index is 1.66. The Morgan fingerprint density at radius 1 is 1.21 bits per heavy atom. The van der Waals surface area contributed by atoms with E-state index in [4.69, 9.17) is 4.52 Å². The summed E-state index contributed by atoms with van der Waals surface area (Å²) < 4.78 is 5.35. The van der Waals surface area contributed by atoms with Crippen LogP contribution < -0.4 is 5.32 Å². The molecule has 0 unspecified atom stereocenters. The molecule has 0 aliphatic carbocycles. The van der Waals surface area contributed by atoms with Gasteiger partial charge in [-0.3, -0.25) is 4.79 Å². The molecule has 0 spiro atoms. The van der Waals surface area contributed by atoms with Gasteiger partial charge in [0.25, 0.3) is 0 Å². The van der Waals surface area contributed by atoms with Gasteiger partial charge >= 0.3 is 0 Å². The first-order chi connectivity index (χ1) is 11.6. The van der Waals surface area contributed by atoms with Crippen molar-refractivity contribution >= 4 is 17.2 Å². The third kappa shape index (κ3) is 4.08. The number of carbonyl (C=O) groups excluding carboxylic acids is 1. The average Bonchev–Trinajstić information content (AvgIpc) is 3.24. The highest BCUT2D eigenvalue weighted by Crippen LogP contribution is 2.26. The molecule has 124 valence electrons. The summed E-state index contributed by atoms with van der Waals surface area (Å²) in [6.45, 7) is 4.43. The molecular formula is C18H19N3O2S. The number of aryl methyl sites for hydroxylation is 1. The number of hydrogen-bond acceptors (Lipinski definition) is 5. The Hall–Kier alpha value is -2.47. The molecule has 3 aromatic rings. The number of thiophene rings is 1. The number of carbonyl (C=O) groups is 1. The van der Waals surface area contributed by atoms with Gasteiger partial charge in [-0.1, -0.05) is 41.9 Å². The molecule has 0 atom stereocenters. The lowest BCUT2D eigenvalue weighted by atomic mass is 10.1. The monoisotopic (exact) mass is 341 g/mol. The van der Waals surface area contributed by atoms with Gasteiger partial charge in [-0.25, -0.2) is 0 Å². The second-order valence-electron chi connectivity index (χ2n) is 5.57. The number of rotatable bonds is 6. The fourth-order valence-electron chi connectivity index (χ4n) is 2.21. The van der Waals surface area contributed by atoms with Gasteiger partial charge in [-0.2, -0.15) is 4.98 Å². The van der Waals surface area contributed by atoms with Crippen LogP contribution in [0.5, 0.6) is 0 Å². The lowest BCUT2D eigenvalue weighted by Crippen LogP contribution is -2.20. The summed E-state index contributed by atoms with van der Waals surface area (Å²) in [5, 5.41) is 6.92. The van der Waals surface area contributed by atoms with Gasteiger partial charge in [0, 0.05) is 11.3 Å². The molecule has 0 radical (unpaired) electrons. The van der Waals surface area contributed by atoms with E-state index in [-0.39, 0.29) is 5.91 Å². The van der Waals surface area contributed by atoms with Gasteiger partial charge in [0.15, 0.2) is 0 Å². The molecule has 0 bridgehead atoms. The van der Waals surface area contributed by atoms with E-state index < -0.39 is 0 Å². The fraction of sp³-hybridized carbons (Fsp3) is 0.278. The van der Waals surface area contributed by atoms with Gasteiger partial charge in [0.05, 0.1) is 17.8 Å². The smallest absolute Gasteiger partial charge is 0.231 e. The first-order valence-electron chi connectivity index (χ1n) is 7.88. The quantitative estimate of drug-likeness (QED) is 0.742. The van der Waals surface area contributed by atoms with E-state index in [1.807, 2.05) is 19.1 Å². The summed E-state index contributed by atoms with van der Waals surface area (Å²) in [4.78, 5) is 17.8. The zero-order valence-electron chi connectivity index (χ0n) is 13.7. The highest BCUT2D eigenvalue weighted by Gasteiger charge is 2.12. The van der Waals surface area contributed by atoms with Gasteiger partial charge in [0.2, 0.25) is 17.6 Å². The number of nitrogens with one attached hydrogen (secondary N) is 1. The molecule has 0 aliphatic heterocycles. The molecule has 1 aromatic carbocycles. The maximum atomic E-state index is 11.3. The second-order valence-corrected chi connectivity index (χ2v) is 6.74. The average molecular weight is 341 g/mol. The zero-order chi connectivity index (χ0) is 16.9. The van der Waals surface area contributed by atoms with Crippen LogP contribution in [0.15, 0.2) is 40.9 Å². The molecule has 0 aliphatic rings. The van der Waals surface area contributed by atoms with Gasteiger partial charge in [-0.15, -0.1) is 11.3 Å². The molecule has 0 fully saturated rings. The summed E-state index contributed by atoms with van der Waals surface area (Å²) in [6, 6.07) is 12.2. The standard InChI is InChI=1S/C18H19N3O2S/c1-3-16(22)19-11-14-8-9-15(24-14)18-20-17(23-21-18)10-13-6-4-12(2)5-7-13/h4-9H,3,10-11H2,1-2H3,(H,19,22). The van der Waals surface area contributed by atoms with Crippen molar-refractivity contribution < 1.29 is 9.32 Å². The van der Waals surface area contributed by atoms with Crippen LogP contribution in [0.4, 0.5) is 0 Å². The molecule has 3 rings (SSSR count). The molecule has 6 heteroatoms. The van der Waals surface area contributed by atoms with Crippen LogP contribution in [0.1, 0.15) is 35.2 Å². The summed E-state index contributed by atoms with van der Waals surface area (Å²) in [6.07, 6.45) is 1.11. The molecule has 1 amide bonds. The minimum absolute atomic E-state index is 0.0462. The highest BCUT2D eigenvalue weighted by atomic mass is 32.1. The Morgan fingerprint density at radius 2 is 2.00 bits per heavy atom. The van der Waals surface area contributed by atoms with E-state index in [0.717, 1.165) is 15.3 Å². The van der Waals surface area contributed by atoms with E-state index in [9.17, 15) is 4.79 Å². The fourth-order valence-corrected chi connectivity index (χ4v) is 3.08. The predicted molar refractivity (Wildman–Crippen MR) is 93.7 cm³/mol. The van der Waals surface area contributed by atoms with Gasteiger partial charge in [0.1, 0.15) is 0 Å².